The Morgan fingerprint density at radius 1 is 1.07 bits per heavy atom. The van der Waals surface area contributed by atoms with Gasteiger partial charge in [-0.25, -0.2) is 15.0 Å². The summed E-state index contributed by atoms with van der Waals surface area (Å²) < 4.78 is 7.28. The van der Waals surface area contributed by atoms with Crippen molar-refractivity contribution in [3.8, 4) is 0 Å². The second-order valence-electron chi connectivity index (χ2n) is 7.88. The maximum absolute atomic E-state index is 12.3. The van der Waals surface area contributed by atoms with Crippen LogP contribution >= 0.6 is 0 Å². The number of amides is 1. The third-order valence-electron chi connectivity index (χ3n) is 5.75. The van der Waals surface area contributed by atoms with E-state index in [1.54, 1.807) is 4.57 Å². The summed E-state index contributed by atoms with van der Waals surface area (Å²) >= 11 is 0. The smallest absolute Gasteiger partial charge is 0.252 e. The largest absolute Gasteiger partial charge is 0.387 e. The second kappa shape index (κ2) is 6.94. The number of anilines is 1. The van der Waals surface area contributed by atoms with Crippen LogP contribution in [0.25, 0.3) is 11.2 Å². The van der Waals surface area contributed by atoms with E-state index < -0.39 is 30.4 Å². The molecule has 0 spiro atoms. The molecule has 3 heterocycles. The maximum Gasteiger partial charge on any atom is 0.252 e. The number of ether oxygens (including phenoxy) is 1. The van der Waals surface area contributed by atoms with Gasteiger partial charge in [-0.2, -0.15) is 0 Å². The van der Waals surface area contributed by atoms with E-state index in [0.717, 1.165) is 25.7 Å². The lowest BCUT2D eigenvalue weighted by Crippen LogP contribution is -2.43. The van der Waals surface area contributed by atoms with Crippen LogP contribution in [0.3, 0.4) is 0 Å². The van der Waals surface area contributed by atoms with Crippen LogP contribution in [-0.4, -0.2) is 66.0 Å². The van der Waals surface area contributed by atoms with Gasteiger partial charge in [0.1, 0.15) is 18.5 Å². The van der Waals surface area contributed by atoms with E-state index >= 15 is 0 Å². The summed E-state index contributed by atoms with van der Waals surface area (Å²) in [7, 11) is 0. The first-order chi connectivity index (χ1) is 13.6. The van der Waals surface area contributed by atoms with Crippen LogP contribution in [0.1, 0.15) is 44.8 Å². The summed E-state index contributed by atoms with van der Waals surface area (Å²) in [6.45, 7) is 0. The zero-order chi connectivity index (χ0) is 19.3. The first-order valence-corrected chi connectivity index (χ1v) is 9.88. The van der Waals surface area contributed by atoms with Crippen molar-refractivity contribution < 1.29 is 19.7 Å². The van der Waals surface area contributed by atoms with Gasteiger partial charge in [-0.05, 0) is 25.7 Å². The molecule has 5 rings (SSSR count). The minimum Gasteiger partial charge on any atom is -0.387 e. The quantitative estimate of drug-likeness (QED) is 0.566. The van der Waals surface area contributed by atoms with Crippen LogP contribution in [0.15, 0.2) is 12.7 Å². The van der Waals surface area contributed by atoms with E-state index in [9.17, 15) is 15.0 Å². The van der Waals surface area contributed by atoms with Gasteiger partial charge in [0.05, 0.1) is 6.33 Å². The highest BCUT2D eigenvalue weighted by Crippen LogP contribution is 2.33. The third-order valence-corrected chi connectivity index (χ3v) is 5.75. The summed E-state index contributed by atoms with van der Waals surface area (Å²) in [4.78, 5) is 25.3. The lowest BCUT2D eigenvalue weighted by molar-refractivity contribution is -0.137. The monoisotopic (exact) mass is 388 g/mol. The maximum atomic E-state index is 12.3. The van der Waals surface area contributed by atoms with Crippen molar-refractivity contribution >= 4 is 22.9 Å². The molecule has 3 fully saturated rings. The number of imidazole rings is 1. The zero-order valence-electron chi connectivity index (χ0n) is 15.4. The molecular weight excluding hydrogens is 364 g/mol. The number of nitrogens with one attached hydrogen (secondary N) is 2. The van der Waals surface area contributed by atoms with E-state index in [-0.39, 0.29) is 6.04 Å². The van der Waals surface area contributed by atoms with Gasteiger partial charge in [-0.1, -0.05) is 12.8 Å². The van der Waals surface area contributed by atoms with Gasteiger partial charge in [0.25, 0.3) is 5.91 Å². The van der Waals surface area contributed by atoms with Gasteiger partial charge in [0.15, 0.2) is 29.3 Å². The molecule has 1 amide bonds. The predicted octanol–water partition coefficient (Wildman–Crippen LogP) is 0.0786. The van der Waals surface area contributed by atoms with Crippen molar-refractivity contribution in [1.82, 2.24) is 24.8 Å². The number of hydrogen-bond acceptors (Lipinski definition) is 8. The molecule has 150 valence electrons. The lowest BCUT2D eigenvalue weighted by Gasteiger charge is -2.17. The standard InChI is InChI=1S/C18H24N6O4/c25-12-13(26)18(28-14(12)17(27)23-10-5-6-10)24-8-21-11-15(19-7-20-16(11)24)22-9-3-1-2-4-9/h7-10,12-14,18,25-26H,1-6H2,(H,23,27)(H,19,20,22)/t12-,13+,14-,18+/m0/s1. The molecule has 0 bridgehead atoms. The first kappa shape index (κ1) is 17.8. The Kier molecular flexibility index (Phi) is 4.41. The summed E-state index contributed by atoms with van der Waals surface area (Å²) in [5.41, 5.74) is 1.06. The zero-order valence-corrected chi connectivity index (χ0v) is 15.4. The molecule has 4 N–H and O–H groups in total. The Morgan fingerprint density at radius 3 is 2.61 bits per heavy atom. The Hall–Kier alpha value is -2.30. The van der Waals surface area contributed by atoms with Gasteiger partial charge in [0, 0.05) is 12.1 Å². The number of aliphatic hydroxyl groups is 2. The molecule has 10 heteroatoms. The molecule has 28 heavy (non-hydrogen) atoms. The Morgan fingerprint density at radius 2 is 1.86 bits per heavy atom. The fourth-order valence-corrected chi connectivity index (χ4v) is 4.02. The number of nitrogens with zero attached hydrogens (tertiary/aromatic N) is 4. The van der Waals surface area contributed by atoms with Crippen molar-refractivity contribution in [1.29, 1.82) is 0 Å². The average Bonchev–Trinajstić information content (AvgIpc) is 3.06. The number of aliphatic hydroxyl groups excluding tert-OH is 2. The van der Waals surface area contributed by atoms with E-state index in [1.165, 1.54) is 25.5 Å². The van der Waals surface area contributed by atoms with Crippen LogP contribution in [-0.2, 0) is 9.53 Å². The Balaban J connectivity index is 1.40. The lowest BCUT2D eigenvalue weighted by atomic mass is 10.1. The fourth-order valence-electron chi connectivity index (χ4n) is 4.02. The fraction of sp³-hybridized carbons (Fsp3) is 0.667. The number of rotatable bonds is 5. The van der Waals surface area contributed by atoms with Gasteiger partial charge in [0.2, 0.25) is 0 Å². The third kappa shape index (κ3) is 3.11. The van der Waals surface area contributed by atoms with Crippen LogP contribution in [0.5, 0.6) is 0 Å². The predicted molar refractivity (Wildman–Crippen MR) is 98.3 cm³/mol. The van der Waals surface area contributed by atoms with Crippen molar-refractivity contribution in [2.24, 2.45) is 0 Å². The molecule has 0 aromatic carbocycles. The minimum absolute atomic E-state index is 0.144. The molecule has 0 unspecified atom stereocenters. The van der Waals surface area contributed by atoms with Crippen LogP contribution in [0, 0.1) is 0 Å². The second-order valence-corrected chi connectivity index (χ2v) is 7.88. The number of fused-ring (bicyclic) bond motifs is 1. The van der Waals surface area contributed by atoms with Gasteiger partial charge >= 0.3 is 0 Å². The average molecular weight is 388 g/mol. The molecule has 1 saturated heterocycles. The Labute approximate surface area is 161 Å². The minimum atomic E-state index is -1.32. The Bertz CT molecular complexity index is 878. The van der Waals surface area contributed by atoms with Crippen molar-refractivity contribution in [2.45, 2.75) is 75.1 Å². The highest BCUT2D eigenvalue weighted by Gasteiger charge is 2.48. The molecular formula is C18H24N6O4. The summed E-state index contributed by atoms with van der Waals surface area (Å²) in [6.07, 6.45) is 4.72. The molecule has 2 aromatic heterocycles. The number of hydrogen-bond donors (Lipinski definition) is 4. The molecule has 0 radical (unpaired) electrons. The molecule has 3 aliphatic rings. The normalized spacial score (nSPS) is 30.8. The highest BCUT2D eigenvalue weighted by atomic mass is 16.6. The molecule has 2 aliphatic carbocycles. The first-order valence-electron chi connectivity index (χ1n) is 9.88. The molecule has 4 atom stereocenters. The molecule has 10 nitrogen and oxygen atoms in total. The van der Waals surface area contributed by atoms with E-state index in [0.29, 0.717) is 23.0 Å². The van der Waals surface area contributed by atoms with E-state index in [1.807, 2.05) is 0 Å². The summed E-state index contributed by atoms with van der Waals surface area (Å²) in [5.74, 6) is 0.242. The highest BCUT2D eigenvalue weighted by molar-refractivity contribution is 5.84. The molecule has 2 aromatic rings. The summed E-state index contributed by atoms with van der Waals surface area (Å²) in [5, 5.41) is 27.0. The van der Waals surface area contributed by atoms with Crippen molar-refractivity contribution in [3.05, 3.63) is 12.7 Å². The number of carbonyl (C=O) groups excluding carboxylic acids is 1. The van der Waals surface area contributed by atoms with Crippen LogP contribution < -0.4 is 10.6 Å². The SMILES string of the molecule is O=C(NC1CC1)[C@H]1O[C@@H](n2cnc3c(NC4CCCC4)ncnc32)[C@H](O)[C@@H]1O. The van der Waals surface area contributed by atoms with Crippen LogP contribution in [0.4, 0.5) is 5.82 Å². The van der Waals surface area contributed by atoms with Gasteiger partial charge < -0.3 is 25.6 Å². The number of carbonyl (C=O) groups is 1. The topological polar surface area (TPSA) is 134 Å². The summed E-state index contributed by atoms with van der Waals surface area (Å²) in [6, 6.07) is 0.513. The molecule has 2 saturated carbocycles. The van der Waals surface area contributed by atoms with Crippen molar-refractivity contribution in [2.75, 3.05) is 5.32 Å². The van der Waals surface area contributed by atoms with Crippen molar-refractivity contribution in [3.63, 3.8) is 0 Å². The number of aromatic nitrogens is 4. The van der Waals surface area contributed by atoms with E-state index in [2.05, 4.69) is 25.6 Å². The van der Waals surface area contributed by atoms with Gasteiger partial charge in [-0.15, -0.1) is 0 Å². The van der Waals surface area contributed by atoms with Gasteiger partial charge in [-0.3, -0.25) is 9.36 Å². The van der Waals surface area contributed by atoms with Crippen LogP contribution in [0.2, 0.25) is 0 Å². The molecule has 1 aliphatic heterocycles. The van der Waals surface area contributed by atoms with E-state index in [4.69, 9.17) is 4.74 Å².